The van der Waals surface area contributed by atoms with Gasteiger partial charge in [0, 0.05) is 30.8 Å². The number of carbonyl (C=O) groups is 1. The molecule has 0 spiro atoms. The van der Waals surface area contributed by atoms with Crippen LogP contribution in [0.3, 0.4) is 0 Å². The molecule has 0 N–H and O–H groups in total. The molecule has 7 nitrogen and oxygen atoms in total. The van der Waals surface area contributed by atoms with Crippen molar-refractivity contribution in [2.24, 2.45) is 0 Å². The minimum atomic E-state index is -0.181. The Labute approximate surface area is 184 Å². The molecular formula is C24H20FN5O2. The number of nitrogens with zero attached hydrogens (tertiary/aromatic N) is 5. The summed E-state index contributed by atoms with van der Waals surface area (Å²) >= 11 is 0. The van der Waals surface area contributed by atoms with Crippen LogP contribution in [0.5, 0.6) is 0 Å². The molecule has 160 valence electrons. The highest BCUT2D eigenvalue weighted by molar-refractivity contribution is 5.95. The smallest absolute Gasteiger partial charge is 0.268 e. The maximum Gasteiger partial charge on any atom is 0.268 e. The topological polar surface area (TPSA) is 85.0 Å². The van der Waals surface area contributed by atoms with Crippen molar-refractivity contribution in [3.8, 4) is 34.3 Å². The lowest BCUT2D eigenvalue weighted by Crippen LogP contribution is -2.21. The fraction of sp³-hybridized carbons (Fsp3) is 0.125. The van der Waals surface area contributed by atoms with Crippen LogP contribution < -0.4 is 0 Å². The normalized spacial score (nSPS) is 11.1. The zero-order valence-corrected chi connectivity index (χ0v) is 17.8. The summed E-state index contributed by atoms with van der Waals surface area (Å²) in [4.78, 5) is 22.8. The Balaban J connectivity index is 1.76. The number of halogens is 1. The van der Waals surface area contributed by atoms with E-state index in [0.29, 0.717) is 46.0 Å². The molecule has 8 heteroatoms. The number of aromatic nitrogens is 4. The molecule has 0 aliphatic carbocycles. The number of hydrogen-bond donors (Lipinski definition) is 0. The van der Waals surface area contributed by atoms with E-state index in [1.807, 2.05) is 30.3 Å². The number of benzene rings is 2. The van der Waals surface area contributed by atoms with Gasteiger partial charge in [0.2, 0.25) is 5.89 Å². The molecule has 0 aliphatic rings. The standard InChI is InChI=1S/C24H20FN5O2/c1-15-21(23-29-28-22(32-23)16-7-5-4-6-8-16)27-20(14-26-15)19-10-9-18(24(31)30(2)3)13-17(19)11-12-25/h4-14H,1-3H3/b12-11+. The molecule has 32 heavy (non-hydrogen) atoms. The lowest BCUT2D eigenvalue weighted by Gasteiger charge is -2.13. The first-order chi connectivity index (χ1) is 15.5. The van der Waals surface area contributed by atoms with Gasteiger partial charge in [-0.25, -0.2) is 9.37 Å². The van der Waals surface area contributed by atoms with E-state index in [4.69, 9.17) is 4.42 Å². The quantitative estimate of drug-likeness (QED) is 0.453. The van der Waals surface area contributed by atoms with Crippen molar-refractivity contribution in [3.05, 3.63) is 77.9 Å². The lowest BCUT2D eigenvalue weighted by molar-refractivity contribution is 0.0827. The highest BCUT2D eigenvalue weighted by Crippen LogP contribution is 2.29. The summed E-state index contributed by atoms with van der Waals surface area (Å²) in [5.41, 5.74) is 3.88. The van der Waals surface area contributed by atoms with E-state index < -0.39 is 0 Å². The van der Waals surface area contributed by atoms with Crippen molar-refractivity contribution in [3.63, 3.8) is 0 Å². The van der Waals surface area contributed by atoms with E-state index in [0.717, 1.165) is 5.56 Å². The van der Waals surface area contributed by atoms with Crippen LogP contribution in [0.25, 0.3) is 40.4 Å². The third-order valence-corrected chi connectivity index (χ3v) is 4.83. The van der Waals surface area contributed by atoms with Gasteiger partial charge < -0.3 is 9.32 Å². The SMILES string of the molecule is Cc1ncc(-c2ccc(C(=O)N(C)C)cc2/C=C/F)nc1-c1nnc(-c2ccccc2)o1. The Kier molecular flexibility index (Phi) is 5.85. The van der Waals surface area contributed by atoms with E-state index in [1.165, 1.54) is 11.0 Å². The van der Waals surface area contributed by atoms with E-state index >= 15 is 0 Å². The highest BCUT2D eigenvalue weighted by atomic mass is 19.1. The molecule has 0 unspecified atom stereocenters. The fourth-order valence-electron chi connectivity index (χ4n) is 3.19. The molecule has 0 aliphatic heterocycles. The monoisotopic (exact) mass is 429 g/mol. The Morgan fingerprint density at radius 2 is 1.81 bits per heavy atom. The van der Waals surface area contributed by atoms with Gasteiger partial charge in [-0.3, -0.25) is 9.78 Å². The van der Waals surface area contributed by atoms with Gasteiger partial charge in [-0.2, -0.15) is 0 Å². The van der Waals surface area contributed by atoms with Gasteiger partial charge in [-0.05, 0) is 42.8 Å². The average molecular weight is 429 g/mol. The Morgan fingerprint density at radius 3 is 2.53 bits per heavy atom. The summed E-state index contributed by atoms with van der Waals surface area (Å²) in [6.45, 7) is 1.79. The summed E-state index contributed by atoms with van der Waals surface area (Å²) in [6.07, 6.45) is 3.30. The number of rotatable bonds is 5. The largest absolute Gasteiger partial charge is 0.415 e. The molecule has 2 aromatic carbocycles. The van der Waals surface area contributed by atoms with Crippen molar-refractivity contribution in [1.29, 1.82) is 0 Å². The zero-order chi connectivity index (χ0) is 22.7. The summed E-state index contributed by atoms with van der Waals surface area (Å²) in [7, 11) is 3.32. The van der Waals surface area contributed by atoms with Crippen LogP contribution >= 0.6 is 0 Å². The lowest BCUT2D eigenvalue weighted by atomic mass is 10.0. The second-order valence-electron chi connectivity index (χ2n) is 7.26. The second kappa shape index (κ2) is 8.89. The summed E-state index contributed by atoms with van der Waals surface area (Å²) < 4.78 is 18.9. The maximum atomic E-state index is 13.1. The van der Waals surface area contributed by atoms with Crippen LogP contribution in [0.4, 0.5) is 4.39 Å². The van der Waals surface area contributed by atoms with Crippen molar-refractivity contribution in [1.82, 2.24) is 25.1 Å². The number of aryl methyl sites for hydroxylation is 1. The molecule has 2 heterocycles. The first-order valence-electron chi connectivity index (χ1n) is 9.83. The first-order valence-corrected chi connectivity index (χ1v) is 9.83. The van der Waals surface area contributed by atoms with E-state index in [-0.39, 0.29) is 11.8 Å². The second-order valence-corrected chi connectivity index (χ2v) is 7.26. The molecule has 0 saturated carbocycles. The van der Waals surface area contributed by atoms with E-state index in [9.17, 15) is 9.18 Å². The van der Waals surface area contributed by atoms with Gasteiger partial charge in [-0.1, -0.05) is 24.3 Å². The Bertz CT molecular complexity index is 1300. The first kappa shape index (κ1) is 21.0. The predicted octanol–water partition coefficient (Wildman–Crippen LogP) is 4.81. The van der Waals surface area contributed by atoms with Gasteiger partial charge in [0.15, 0.2) is 0 Å². The molecular weight excluding hydrogens is 409 g/mol. The average Bonchev–Trinajstić information content (AvgIpc) is 3.30. The van der Waals surface area contributed by atoms with Crippen molar-refractivity contribution < 1.29 is 13.6 Å². The third kappa shape index (κ3) is 4.15. The molecule has 0 bridgehead atoms. The molecule has 4 rings (SSSR count). The van der Waals surface area contributed by atoms with Crippen LogP contribution in [0, 0.1) is 6.92 Å². The van der Waals surface area contributed by atoms with Crippen LogP contribution in [0.2, 0.25) is 0 Å². The van der Waals surface area contributed by atoms with E-state index in [1.54, 1.807) is 45.4 Å². The minimum absolute atomic E-state index is 0.181. The highest BCUT2D eigenvalue weighted by Gasteiger charge is 2.18. The van der Waals surface area contributed by atoms with Crippen LogP contribution in [0.15, 0.2) is 65.5 Å². The minimum Gasteiger partial charge on any atom is -0.415 e. The van der Waals surface area contributed by atoms with Crippen LogP contribution in [0.1, 0.15) is 21.6 Å². The van der Waals surface area contributed by atoms with Gasteiger partial charge in [0.05, 0.1) is 23.9 Å². The van der Waals surface area contributed by atoms with E-state index in [2.05, 4.69) is 20.2 Å². The van der Waals surface area contributed by atoms with Crippen LogP contribution in [-0.2, 0) is 0 Å². The molecule has 0 radical (unpaired) electrons. The zero-order valence-electron chi connectivity index (χ0n) is 17.8. The summed E-state index contributed by atoms with van der Waals surface area (Å²) in [5.74, 6) is 0.428. The number of carbonyl (C=O) groups excluding carboxylic acids is 1. The van der Waals surface area contributed by atoms with Gasteiger partial charge in [0.25, 0.3) is 11.8 Å². The number of amides is 1. The summed E-state index contributed by atoms with van der Waals surface area (Å²) in [6, 6.07) is 14.4. The predicted molar refractivity (Wildman–Crippen MR) is 119 cm³/mol. The van der Waals surface area contributed by atoms with Gasteiger partial charge in [-0.15, -0.1) is 10.2 Å². The summed E-state index contributed by atoms with van der Waals surface area (Å²) in [5, 5.41) is 8.24. The number of hydrogen-bond acceptors (Lipinski definition) is 6. The molecule has 0 saturated heterocycles. The fourth-order valence-corrected chi connectivity index (χ4v) is 3.19. The van der Waals surface area contributed by atoms with Gasteiger partial charge in [0.1, 0.15) is 5.69 Å². The van der Waals surface area contributed by atoms with Gasteiger partial charge >= 0.3 is 0 Å². The third-order valence-electron chi connectivity index (χ3n) is 4.83. The molecule has 1 amide bonds. The van der Waals surface area contributed by atoms with Crippen molar-refractivity contribution in [2.45, 2.75) is 6.92 Å². The maximum absolute atomic E-state index is 13.1. The molecule has 0 fully saturated rings. The van der Waals surface area contributed by atoms with Crippen molar-refractivity contribution in [2.75, 3.05) is 14.1 Å². The van der Waals surface area contributed by atoms with Crippen LogP contribution in [-0.4, -0.2) is 45.1 Å². The molecule has 0 atom stereocenters. The molecule has 2 aromatic heterocycles. The van der Waals surface area contributed by atoms with Crippen molar-refractivity contribution >= 4 is 12.0 Å². The Hall–Kier alpha value is -4.20. The Morgan fingerprint density at radius 1 is 1.06 bits per heavy atom. The molecule has 4 aromatic rings.